The molecule has 0 aromatic heterocycles. The quantitative estimate of drug-likeness (QED) is 0.117. The number of carboxylic acids is 3. The second-order valence-corrected chi connectivity index (χ2v) is 13.5. The smallest absolute Gasteiger partial charge is 0.344 e. The summed E-state index contributed by atoms with van der Waals surface area (Å²) in [5.74, 6) is -10.8. The van der Waals surface area contributed by atoms with Crippen molar-refractivity contribution in [1.82, 2.24) is 0 Å². The zero-order chi connectivity index (χ0) is 36.9. The molecule has 272 valence electrons. The third-order valence-corrected chi connectivity index (χ3v) is 9.57. The summed E-state index contributed by atoms with van der Waals surface area (Å²) in [6.45, 7) is 10.6. The van der Waals surface area contributed by atoms with E-state index in [1.165, 1.54) is 13.0 Å². The summed E-state index contributed by atoms with van der Waals surface area (Å²) in [6.07, 6.45) is -5.34. The van der Waals surface area contributed by atoms with Crippen LogP contribution < -0.4 is 0 Å². The maximum absolute atomic E-state index is 13.1. The Morgan fingerprint density at radius 3 is 2.14 bits per heavy atom. The van der Waals surface area contributed by atoms with E-state index in [1.807, 2.05) is 51.1 Å². The summed E-state index contributed by atoms with van der Waals surface area (Å²) in [7, 11) is 0. The number of carbonyl (C=O) groups excluding carboxylic acids is 2. The molecular formula is C35H48O14. The molecule has 10 atom stereocenters. The first-order valence-corrected chi connectivity index (χ1v) is 16.4. The van der Waals surface area contributed by atoms with E-state index in [9.17, 15) is 49.5 Å². The standard InChI is InChI=1S/C35H48O14/c1-7-19(2)17-20(3)13-14-25(37)47-28-27(38)33(48-29(30(39)40)34(45,31(41)42)35(28,49-33)32(43)44)16-15-21(4)26(46-23(6)36)22(5)18-24-11-9-8-10-12-24/h8-12,15,19-20,22,26-29,38,45H,7,13-14,16-18H2,1-6H3,(H,39,40)(H,41,42)(H,43,44)/b21-15+/t19-,20+,22+,26+,27+,28+,29+,33+,34+,35+/m0/s1. The van der Waals surface area contributed by atoms with Crippen molar-refractivity contribution >= 4 is 29.8 Å². The minimum Gasteiger partial charge on any atom is -0.479 e. The summed E-state index contributed by atoms with van der Waals surface area (Å²) in [5.41, 5.74) is -6.06. The van der Waals surface area contributed by atoms with Crippen molar-refractivity contribution in [3.05, 3.63) is 47.5 Å². The number of hydrogen-bond donors (Lipinski definition) is 5. The number of carboxylic acid groups (broad SMARTS) is 3. The van der Waals surface area contributed by atoms with E-state index in [2.05, 4.69) is 6.92 Å². The molecule has 49 heavy (non-hydrogen) atoms. The Morgan fingerprint density at radius 2 is 1.61 bits per heavy atom. The van der Waals surface area contributed by atoms with Gasteiger partial charge in [-0.15, -0.1) is 0 Å². The van der Waals surface area contributed by atoms with Crippen LogP contribution in [0, 0.1) is 17.8 Å². The highest BCUT2D eigenvalue weighted by molar-refractivity contribution is 5.98. The van der Waals surface area contributed by atoms with Gasteiger partial charge in [0.05, 0.1) is 0 Å². The van der Waals surface area contributed by atoms with Crippen LogP contribution in [0.2, 0.25) is 0 Å². The molecule has 3 rings (SSSR count). The van der Waals surface area contributed by atoms with E-state index in [-0.39, 0.29) is 18.3 Å². The SMILES string of the molecule is CC[C@H](C)C[C@H](C)CCC(=O)O[C@@H]1[C@@H](O)[C@]2(C/C=C(\C)[C@@H](OC(C)=O)[C@H](C)Cc3ccccc3)O[C@H](C(=O)O)[C@@](O)(C(=O)O)[C@@]1(C(=O)O)O2. The van der Waals surface area contributed by atoms with Crippen LogP contribution in [0.1, 0.15) is 79.2 Å². The maximum atomic E-state index is 13.1. The molecule has 0 unspecified atom stereocenters. The fourth-order valence-electron chi connectivity index (χ4n) is 6.78. The van der Waals surface area contributed by atoms with Gasteiger partial charge in [0.25, 0.3) is 0 Å². The molecule has 2 aliphatic heterocycles. The van der Waals surface area contributed by atoms with Gasteiger partial charge >= 0.3 is 29.8 Å². The molecule has 1 aromatic rings. The number of benzene rings is 1. The molecule has 0 saturated carbocycles. The normalized spacial score (nSPS) is 30.4. The largest absolute Gasteiger partial charge is 0.479 e. The Bertz CT molecular complexity index is 1410. The van der Waals surface area contributed by atoms with E-state index in [0.29, 0.717) is 24.3 Å². The summed E-state index contributed by atoms with van der Waals surface area (Å²) in [6, 6.07) is 9.35. The van der Waals surface area contributed by atoms with Gasteiger partial charge < -0.3 is 44.5 Å². The zero-order valence-electron chi connectivity index (χ0n) is 28.7. The topological polar surface area (TPSA) is 223 Å². The third-order valence-electron chi connectivity index (χ3n) is 9.57. The molecule has 2 aliphatic rings. The van der Waals surface area contributed by atoms with Crippen LogP contribution in [0.5, 0.6) is 0 Å². The second-order valence-electron chi connectivity index (χ2n) is 13.5. The summed E-state index contributed by atoms with van der Waals surface area (Å²) >= 11 is 0. The van der Waals surface area contributed by atoms with Crippen LogP contribution in [0.4, 0.5) is 0 Å². The van der Waals surface area contributed by atoms with Crippen LogP contribution in [-0.2, 0) is 49.3 Å². The fraction of sp³-hybridized carbons (Fsp3) is 0.629. The highest BCUT2D eigenvalue weighted by atomic mass is 16.8. The average Bonchev–Trinajstić information content (AvgIpc) is 3.25. The molecule has 0 radical (unpaired) electrons. The number of aliphatic carboxylic acids is 3. The minimum absolute atomic E-state index is 0.0597. The van der Waals surface area contributed by atoms with Gasteiger partial charge in [0.1, 0.15) is 12.2 Å². The van der Waals surface area contributed by atoms with Crippen LogP contribution in [0.25, 0.3) is 0 Å². The number of ether oxygens (including phenoxy) is 4. The van der Waals surface area contributed by atoms with Gasteiger partial charge in [-0.3, -0.25) is 9.59 Å². The Labute approximate surface area is 285 Å². The first kappa shape index (κ1) is 39.6. The highest BCUT2D eigenvalue weighted by Gasteiger charge is 2.85. The highest BCUT2D eigenvalue weighted by Crippen LogP contribution is 2.55. The van der Waals surface area contributed by atoms with Gasteiger partial charge in [-0.25, -0.2) is 14.4 Å². The number of carbonyl (C=O) groups is 5. The molecule has 2 heterocycles. The van der Waals surface area contributed by atoms with Crippen molar-refractivity contribution in [3.63, 3.8) is 0 Å². The zero-order valence-corrected chi connectivity index (χ0v) is 28.7. The van der Waals surface area contributed by atoms with E-state index in [4.69, 9.17) is 18.9 Å². The molecule has 2 bridgehead atoms. The van der Waals surface area contributed by atoms with E-state index in [1.54, 1.807) is 6.92 Å². The fourth-order valence-corrected chi connectivity index (χ4v) is 6.78. The van der Waals surface area contributed by atoms with Crippen LogP contribution in [-0.4, -0.2) is 96.8 Å². The van der Waals surface area contributed by atoms with Gasteiger partial charge in [0, 0.05) is 25.7 Å². The average molecular weight is 693 g/mol. The van der Waals surface area contributed by atoms with Crippen molar-refractivity contribution in [2.45, 2.75) is 121 Å². The molecule has 0 amide bonds. The molecule has 0 spiro atoms. The predicted molar refractivity (Wildman–Crippen MR) is 171 cm³/mol. The molecular weight excluding hydrogens is 644 g/mol. The number of fused-ring (bicyclic) bond motifs is 2. The number of hydrogen-bond acceptors (Lipinski definition) is 11. The number of aliphatic hydroxyl groups is 2. The Morgan fingerprint density at radius 1 is 0.980 bits per heavy atom. The van der Waals surface area contributed by atoms with Gasteiger partial charge in [-0.05, 0) is 49.2 Å². The van der Waals surface area contributed by atoms with Gasteiger partial charge in [-0.1, -0.05) is 70.5 Å². The summed E-state index contributed by atoms with van der Waals surface area (Å²) < 4.78 is 22.2. The first-order valence-electron chi connectivity index (χ1n) is 16.4. The summed E-state index contributed by atoms with van der Waals surface area (Å²) in [5, 5.41) is 53.6. The van der Waals surface area contributed by atoms with Gasteiger partial charge in [0.15, 0.2) is 6.10 Å². The Hall–Kier alpha value is -3.85. The Balaban J connectivity index is 2.04. The molecule has 14 heteroatoms. The second kappa shape index (κ2) is 15.8. The third kappa shape index (κ3) is 7.98. The monoisotopic (exact) mass is 692 g/mol. The van der Waals surface area contributed by atoms with E-state index >= 15 is 0 Å². The van der Waals surface area contributed by atoms with E-state index < -0.39 is 77.7 Å². The first-order chi connectivity index (χ1) is 22.9. The number of rotatable bonds is 17. The molecule has 14 nitrogen and oxygen atoms in total. The number of aliphatic hydroxyl groups excluding tert-OH is 1. The molecule has 5 N–H and O–H groups in total. The van der Waals surface area contributed by atoms with Crippen molar-refractivity contribution in [1.29, 1.82) is 0 Å². The minimum atomic E-state index is -3.87. The molecule has 2 saturated heterocycles. The van der Waals surface area contributed by atoms with Crippen LogP contribution in [0.3, 0.4) is 0 Å². The predicted octanol–water partition coefficient (Wildman–Crippen LogP) is 3.11. The molecule has 0 aliphatic carbocycles. The van der Waals surface area contributed by atoms with E-state index in [0.717, 1.165) is 18.4 Å². The van der Waals surface area contributed by atoms with Crippen molar-refractivity contribution < 1.29 is 68.5 Å². The van der Waals surface area contributed by atoms with Crippen molar-refractivity contribution in [3.8, 4) is 0 Å². The summed E-state index contributed by atoms with van der Waals surface area (Å²) in [4.78, 5) is 63.1. The Kier molecular flexibility index (Phi) is 12.8. The maximum Gasteiger partial charge on any atom is 0.344 e. The van der Waals surface area contributed by atoms with Crippen molar-refractivity contribution in [2.24, 2.45) is 17.8 Å². The lowest BCUT2D eigenvalue weighted by atomic mass is 9.74. The molecule has 1 aromatic carbocycles. The van der Waals surface area contributed by atoms with Crippen LogP contribution >= 0.6 is 0 Å². The van der Waals surface area contributed by atoms with Gasteiger partial charge in [0.2, 0.25) is 23.1 Å². The number of esters is 2. The lowest BCUT2D eigenvalue weighted by Crippen LogP contribution is -2.78. The van der Waals surface area contributed by atoms with Gasteiger partial charge in [-0.2, -0.15) is 0 Å². The van der Waals surface area contributed by atoms with Crippen LogP contribution in [0.15, 0.2) is 42.0 Å². The lowest BCUT2D eigenvalue weighted by molar-refractivity contribution is -0.371. The lowest BCUT2D eigenvalue weighted by Gasteiger charge is -2.48. The molecule has 2 fully saturated rings. The van der Waals surface area contributed by atoms with Crippen molar-refractivity contribution in [2.75, 3.05) is 0 Å².